The maximum atomic E-state index is 8.88. The van der Waals surface area contributed by atoms with Crippen molar-refractivity contribution in [3.8, 4) is 11.3 Å². The Morgan fingerprint density at radius 1 is 1.29 bits per heavy atom. The minimum atomic E-state index is 0.0856. The number of aromatic amines is 1. The Balaban J connectivity index is 2.33. The van der Waals surface area contributed by atoms with Gasteiger partial charge in [0.2, 0.25) is 0 Å². The summed E-state index contributed by atoms with van der Waals surface area (Å²) in [4.78, 5) is 0. The third-order valence-electron chi connectivity index (χ3n) is 2.15. The largest absolute Gasteiger partial charge is 0.392 e. The Hall–Kier alpha value is -1.61. The highest BCUT2D eigenvalue weighted by Crippen LogP contribution is 2.17. The number of benzene rings is 1. The van der Waals surface area contributed by atoms with Gasteiger partial charge in [-0.2, -0.15) is 5.10 Å². The fourth-order valence-electron chi connectivity index (χ4n) is 1.36. The van der Waals surface area contributed by atoms with Crippen molar-refractivity contribution in [3.63, 3.8) is 0 Å². The number of aryl methyl sites for hydroxylation is 1. The van der Waals surface area contributed by atoms with Crippen LogP contribution in [0.25, 0.3) is 11.3 Å². The van der Waals surface area contributed by atoms with Crippen LogP contribution < -0.4 is 0 Å². The van der Waals surface area contributed by atoms with Gasteiger partial charge < -0.3 is 5.11 Å². The van der Waals surface area contributed by atoms with E-state index in [0.29, 0.717) is 0 Å². The van der Waals surface area contributed by atoms with Crippen LogP contribution >= 0.6 is 0 Å². The van der Waals surface area contributed by atoms with Crippen LogP contribution in [0.2, 0.25) is 0 Å². The number of aliphatic hydroxyl groups is 1. The highest BCUT2D eigenvalue weighted by Gasteiger charge is 2.00. The van der Waals surface area contributed by atoms with Crippen LogP contribution in [0, 0.1) is 6.92 Å². The summed E-state index contributed by atoms with van der Waals surface area (Å²) in [5, 5.41) is 15.9. The number of hydrogen-bond acceptors (Lipinski definition) is 2. The van der Waals surface area contributed by atoms with Crippen molar-refractivity contribution in [1.29, 1.82) is 0 Å². The van der Waals surface area contributed by atoms with Gasteiger partial charge in [0.05, 0.1) is 18.0 Å². The van der Waals surface area contributed by atoms with Crippen molar-refractivity contribution in [2.24, 2.45) is 0 Å². The maximum absolute atomic E-state index is 8.88. The lowest BCUT2D eigenvalue weighted by Crippen LogP contribution is -1.83. The average molecular weight is 188 g/mol. The van der Waals surface area contributed by atoms with Crippen molar-refractivity contribution in [2.75, 3.05) is 0 Å². The van der Waals surface area contributed by atoms with Crippen LogP contribution in [0.5, 0.6) is 0 Å². The van der Waals surface area contributed by atoms with E-state index in [0.717, 1.165) is 22.5 Å². The van der Waals surface area contributed by atoms with E-state index >= 15 is 0 Å². The van der Waals surface area contributed by atoms with Gasteiger partial charge in [0, 0.05) is 0 Å². The topological polar surface area (TPSA) is 48.9 Å². The van der Waals surface area contributed by atoms with Gasteiger partial charge in [-0.25, -0.2) is 0 Å². The number of aliphatic hydroxyl groups excluding tert-OH is 1. The molecule has 0 saturated heterocycles. The third kappa shape index (κ3) is 1.67. The molecule has 14 heavy (non-hydrogen) atoms. The summed E-state index contributed by atoms with van der Waals surface area (Å²) in [7, 11) is 0. The zero-order valence-electron chi connectivity index (χ0n) is 7.99. The van der Waals surface area contributed by atoms with Crippen molar-refractivity contribution >= 4 is 0 Å². The normalized spacial score (nSPS) is 10.4. The van der Waals surface area contributed by atoms with Crippen LogP contribution in [0.15, 0.2) is 30.3 Å². The van der Waals surface area contributed by atoms with E-state index in [1.165, 1.54) is 0 Å². The standard InChI is InChI=1S/C11H12N2O/c1-8-6-11(13-12-8)10-4-2-9(7-14)3-5-10/h2-6,14H,7H2,1H3,(H,12,13). The zero-order valence-corrected chi connectivity index (χ0v) is 7.99. The lowest BCUT2D eigenvalue weighted by Gasteiger charge is -1.98. The van der Waals surface area contributed by atoms with E-state index < -0.39 is 0 Å². The van der Waals surface area contributed by atoms with E-state index in [1.54, 1.807) is 0 Å². The quantitative estimate of drug-likeness (QED) is 0.756. The van der Waals surface area contributed by atoms with Gasteiger partial charge in [0.25, 0.3) is 0 Å². The van der Waals surface area contributed by atoms with Gasteiger partial charge in [0.15, 0.2) is 0 Å². The molecular formula is C11H12N2O. The number of nitrogens with one attached hydrogen (secondary N) is 1. The Labute approximate surface area is 82.4 Å². The van der Waals surface area contributed by atoms with Crippen molar-refractivity contribution in [2.45, 2.75) is 13.5 Å². The molecule has 1 aromatic carbocycles. The molecule has 0 fully saturated rings. The molecule has 1 heterocycles. The molecule has 0 atom stereocenters. The van der Waals surface area contributed by atoms with Gasteiger partial charge in [-0.05, 0) is 24.1 Å². The zero-order chi connectivity index (χ0) is 9.97. The summed E-state index contributed by atoms with van der Waals surface area (Å²) in [6.07, 6.45) is 0. The molecule has 1 aromatic heterocycles. The third-order valence-corrected chi connectivity index (χ3v) is 2.15. The molecule has 0 aliphatic heterocycles. The second-order valence-corrected chi connectivity index (χ2v) is 3.28. The molecule has 3 heteroatoms. The Bertz CT molecular complexity index is 417. The number of nitrogens with zero attached hydrogens (tertiary/aromatic N) is 1. The molecule has 0 spiro atoms. The van der Waals surface area contributed by atoms with Gasteiger partial charge >= 0.3 is 0 Å². The molecule has 0 bridgehead atoms. The number of rotatable bonds is 2. The van der Waals surface area contributed by atoms with Crippen LogP contribution in [0.4, 0.5) is 0 Å². The fraction of sp³-hybridized carbons (Fsp3) is 0.182. The van der Waals surface area contributed by atoms with Gasteiger partial charge in [-0.15, -0.1) is 0 Å². The molecule has 2 rings (SSSR count). The highest BCUT2D eigenvalue weighted by atomic mass is 16.3. The molecule has 0 radical (unpaired) electrons. The summed E-state index contributed by atoms with van der Waals surface area (Å²) in [5.41, 5.74) is 3.99. The molecule has 0 aliphatic rings. The smallest absolute Gasteiger partial charge is 0.0681 e. The van der Waals surface area contributed by atoms with Gasteiger partial charge in [-0.3, -0.25) is 5.10 Å². The predicted octanol–water partition coefficient (Wildman–Crippen LogP) is 1.88. The number of aromatic nitrogens is 2. The minimum absolute atomic E-state index is 0.0856. The summed E-state index contributed by atoms with van der Waals surface area (Å²) in [6, 6.07) is 9.75. The first-order valence-corrected chi connectivity index (χ1v) is 4.52. The van der Waals surface area contributed by atoms with E-state index in [-0.39, 0.29) is 6.61 Å². The van der Waals surface area contributed by atoms with Gasteiger partial charge in [0.1, 0.15) is 0 Å². The monoisotopic (exact) mass is 188 g/mol. The predicted molar refractivity (Wildman–Crippen MR) is 54.7 cm³/mol. The van der Waals surface area contributed by atoms with Crippen molar-refractivity contribution in [3.05, 3.63) is 41.6 Å². The Morgan fingerprint density at radius 3 is 2.50 bits per heavy atom. The van der Waals surface area contributed by atoms with Crippen LogP contribution in [-0.2, 0) is 6.61 Å². The molecule has 3 nitrogen and oxygen atoms in total. The Kier molecular flexibility index (Phi) is 2.33. The van der Waals surface area contributed by atoms with Crippen LogP contribution in [-0.4, -0.2) is 15.3 Å². The van der Waals surface area contributed by atoms with Crippen molar-refractivity contribution < 1.29 is 5.11 Å². The second kappa shape index (κ2) is 3.64. The molecule has 0 amide bonds. The molecular weight excluding hydrogens is 176 g/mol. The van der Waals surface area contributed by atoms with Gasteiger partial charge in [-0.1, -0.05) is 24.3 Å². The molecule has 0 unspecified atom stereocenters. The van der Waals surface area contributed by atoms with Crippen LogP contribution in [0.3, 0.4) is 0 Å². The molecule has 0 saturated carbocycles. The van der Waals surface area contributed by atoms with E-state index in [4.69, 9.17) is 5.11 Å². The van der Waals surface area contributed by atoms with E-state index in [9.17, 15) is 0 Å². The first-order valence-electron chi connectivity index (χ1n) is 4.52. The maximum Gasteiger partial charge on any atom is 0.0681 e. The second-order valence-electron chi connectivity index (χ2n) is 3.28. The number of H-pyrrole nitrogens is 1. The highest BCUT2D eigenvalue weighted by molar-refractivity contribution is 5.59. The molecule has 2 N–H and O–H groups in total. The molecule has 0 aliphatic carbocycles. The first kappa shape index (κ1) is 8.97. The summed E-state index contributed by atoms with van der Waals surface area (Å²) in [6.45, 7) is 2.03. The van der Waals surface area contributed by atoms with E-state index in [1.807, 2.05) is 37.3 Å². The lowest BCUT2D eigenvalue weighted by molar-refractivity contribution is 0.282. The average Bonchev–Trinajstić information content (AvgIpc) is 2.65. The summed E-state index contributed by atoms with van der Waals surface area (Å²) < 4.78 is 0. The van der Waals surface area contributed by atoms with Crippen molar-refractivity contribution in [1.82, 2.24) is 10.2 Å². The van der Waals surface area contributed by atoms with E-state index in [2.05, 4.69) is 10.2 Å². The Morgan fingerprint density at radius 2 is 2.00 bits per heavy atom. The number of hydrogen-bond donors (Lipinski definition) is 2. The van der Waals surface area contributed by atoms with Crippen LogP contribution in [0.1, 0.15) is 11.3 Å². The minimum Gasteiger partial charge on any atom is -0.392 e. The molecule has 2 aromatic rings. The SMILES string of the molecule is Cc1cc(-c2ccc(CO)cc2)[nH]n1. The lowest BCUT2D eigenvalue weighted by atomic mass is 10.1. The fourth-order valence-corrected chi connectivity index (χ4v) is 1.36. The summed E-state index contributed by atoms with van der Waals surface area (Å²) >= 11 is 0. The molecule has 72 valence electrons. The first-order chi connectivity index (χ1) is 6.79. The summed E-state index contributed by atoms with van der Waals surface area (Å²) in [5.74, 6) is 0.